The number of pyridine rings is 1. The Labute approximate surface area is 125 Å². The molecule has 1 amide bonds. The summed E-state index contributed by atoms with van der Waals surface area (Å²) in [6.45, 7) is 8.78. The van der Waals surface area contributed by atoms with Gasteiger partial charge in [-0.25, -0.2) is 4.98 Å². The van der Waals surface area contributed by atoms with E-state index >= 15 is 0 Å². The first-order valence-corrected chi connectivity index (χ1v) is 7.50. The van der Waals surface area contributed by atoms with E-state index in [1.165, 1.54) is 0 Å². The zero-order valence-electron chi connectivity index (χ0n) is 12.4. The molecule has 0 bridgehead atoms. The molecule has 0 atom stereocenters. The minimum atomic E-state index is -0.0646. The maximum absolute atomic E-state index is 12.5. The van der Waals surface area contributed by atoms with Gasteiger partial charge in [0.1, 0.15) is 11.5 Å². The Morgan fingerprint density at radius 3 is 2.65 bits per heavy atom. The molecule has 1 aliphatic heterocycles. The lowest BCUT2D eigenvalue weighted by molar-refractivity contribution is 0.0625. The van der Waals surface area contributed by atoms with Gasteiger partial charge >= 0.3 is 0 Å². The summed E-state index contributed by atoms with van der Waals surface area (Å²) in [5, 5.41) is 3.52. The van der Waals surface area contributed by atoms with Crippen LogP contribution < -0.4 is 5.32 Å². The number of aromatic nitrogens is 1. The van der Waals surface area contributed by atoms with Crippen molar-refractivity contribution in [3.8, 4) is 0 Å². The highest BCUT2D eigenvalue weighted by Crippen LogP contribution is 2.30. The number of piperidine rings is 1. The van der Waals surface area contributed by atoms with Crippen molar-refractivity contribution in [2.75, 3.05) is 25.0 Å². The van der Waals surface area contributed by atoms with Crippen molar-refractivity contribution in [1.29, 1.82) is 0 Å². The van der Waals surface area contributed by atoms with Crippen LogP contribution in [-0.4, -0.2) is 35.4 Å². The maximum Gasteiger partial charge on any atom is 0.274 e. The van der Waals surface area contributed by atoms with Gasteiger partial charge in [0, 0.05) is 19.6 Å². The van der Waals surface area contributed by atoms with Crippen molar-refractivity contribution >= 4 is 23.3 Å². The maximum atomic E-state index is 12.5. The van der Waals surface area contributed by atoms with Crippen LogP contribution in [0.25, 0.3) is 0 Å². The van der Waals surface area contributed by atoms with Crippen molar-refractivity contribution in [3.63, 3.8) is 0 Å². The third kappa shape index (κ3) is 3.42. The Morgan fingerprint density at radius 2 is 2.05 bits per heavy atom. The first-order valence-electron chi connectivity index (χ1n) is 7.12. The number of nitrogens with zero attached hydrogens (tertiary/aromatic N) is 2. The molecule has 0 spiro atoms. The molecule has 5 heteroatoms. The van der Waals surface area contributed by atoms with E-state index in [2.05, 4.69) is 24.1 Å². The summed E-state index contributed by atoms with van der Waals surface area (Å²) < 4.78 is 0. The predicted octanol–water partition coefficient (Wildman–Crippen LogP) is 3.43. The minimum absolute atomic E-state index is 0.0646. The first kappa shape index (κ1) is 15.1. The van der Waals surface area contributed by atoms with Gasteiger partial charge in [-0.2, -0.15) is 0 Å². The Morgan fingerprint density at radius 1 is 1.40 bits per heavy atom. The highest BCUT2D eigenvalue weighted by atomic mass is 35.5. The molecule has 4 nitrogen and oxygen atoms in total. The molecule has 110 valence electrons. The van der Waals surface area contributed by atoms with Crippen LogP contribution in [0.15, 0.2) is 12.1 Å². The average Bonchev–Trinajstić information content (AvgIpc) is 2.40. The highest BCUT2D eigenvalue weighted by molar-refractivity contribution is 6.33. The minimum Gasteiger partial charge on any atom is -0.370 e. The summed E-state index contributed by atoms with van der Waals surface area (Å²) in [6.07, 6.45) is 2.03. The van der Waals surface area contributed by atoms with Crippen molar-refractivity contribution in [1.82, 2.24) is 9.88 Å². The summed E-state index contributed by atoms with van der Waals surface area (Å²) in [5.41, 5.74) is 0.671. The molecule has 1 fully saturated rings. The van der Waals surface area contributed by atoms with Crippen LogP contribution in [0, 0.1) is 5.41 Å². The second kappa shape index (κ2) is 6.00. The Hall–Kier alpha value is -1.29. The third-order valence-electron chi connectivity index (χ3n) is 3.81. The van der Waals surface area contributed by atoms with E-state index in [0.717, 1.165) is 32.5 Å². The lowest BCUT2D eigenvalue weighted by Gasteiger charge is -2.36. The van der Waals surface area contributed by atoms with Crippen LogP contribution in [0.1, 0.15) is 44.1 Å². The fraction of sp³-hybridized carbons (Fsp3) is 0.600. The van der Waals surface area contributed by atoms with Crippen LogP contribution >= 0.6 is 11.6 Å². The molecular formula is C15H22ClN3O. The average molecular weight is 296 g/mol. The van der Waals surface area contributed by atoms with Crippen LogP contribution in [-0.2, 0) is 0 Å². The standard InChI is InChI=1S/C15H22ClN3O/c1-4-17-12-6-5-11(16)13(18-12)14(20)19-9-7-15(2,3)8-10-19/h5-6H,4,7-10H2,1-3H3,(H,17,18). The molecule has 1 aliphatic rings. The molecule has 1 saturated heterocycles. The molecule has 20 heavy (non-hydrogen) atoms. The molecular weight excluding hydrogens is 274 g/mol. The Bertz CT molecular complexity index is 492. The van der Waals surface area contributed by atoms with Crippen molar-refractivity contribution in [2.45, 2.75) is 33.6 Å². The van der Waals surface area contributed by atoms with E-state index in [1.807, 2.05) is 11.8 Å². The fourth-order valence-electron chi connectivity index (χ4n) is 2.34. The second-order valence-electron chi connectivity index (χ2n) is 6.01. The van der Waals surface area contributed by atoms with Crippen LogP contribution in [0.4, 0.5) is 5.82 Å². The molecule has 1 N–H and O–H groups in total. The van der Waals surface area contributed by atoms with E-state index in [1.54, 1.807) is 12.1 Å². The SMILES string of the molecule is CCNc1ccc(Cl)c(C(=O)N2CCC(C)(C)CC2)n1. The third-order valence-corrected chi connectivity index (χ3v) is 4.12. The molecule has 0 saturated carbocycles. The smallest absolute Gasteiger partial charge is 0.274 e. The molecule has 0 aliphatic carbocycles. The van der Waals surface area contributed by atoms with Crippen LogP contribution in [0.5, 0.6) is 0 Å². The van der Waals surface area contributed by atoms with Gasteiger partial charge in [0.15, 0.2) is 0 Å². The van der Waals surface area contributed by atoms with E-state index in [-0.39, 0.29) is 5.91 Å². The van der Waals surface area contributed by atoms with Crippen LogP contribution in [0.2, 0.25) is 5.02 Å². The number of anilines is 1. The lowest BCUT2D eigenvalue weighted by Crippen LogP contribution is -2.41. The van der Waals surface area contributed by atoms with E-state index in [9.17, 15) is 4.79 Å². The molecule has 2 rings (SSSR count). The fourth-order valence-corrected chi connectivity index (χ4v) is 2.52. The van der Waals surface area contributed by atoms with E-state index in [0.29, 0.717) is 21.9 Å². The van der Waals surface area contributed by atoms with Gasteiger partial charge in [-0.3, -0.25) is 4.79 Å². The number of rotatable bonds is 3. The first-order chi connectivity index (χ1) is 9.43. The summed E-state index contributed by atoms with van der Waals surface area (Å²) in [4.78, 5) is 18.7. The van der Waals surface area contributed by atoms with Gasteiger partial charge in [-0.05, 0) is 37.3 Å². The predicted molar refractivity (Wildman–Crippen MR) is 82.3 cm³/mol. The topological polar surface area (TPSA) is 45.2 Å². The zero-order chi connectivity index (χ0) is 14.8. The van der Waals surface area contributed by atoms with Gasteiger partial charge < -0.3 is 10.2 Å². The van der Waals surface area contributed by atoms with Crippen molar-refractivity contribution in [2.24, 2.45) is 5.41 Å². The molecule has 0 aromatic carbocycles. The highest BCUT2D eigenvalue weighted by Gasteiger charge is 2.29. The number of carbonyl (C=O) groups is 1. The van der Waals surface area contributed by atoms with Gasteiger partial charge in [-0.15, -0.1) is 0 Å². The Balaban J connectivity index is 2.15. The summed E-state index contributed by atoms with van der Waals surface area (Å²) >= 11 is 6.13. The number of carbonyl (C=O) groups excluding carboxylic acids is 1. The van der Waals surface area contributed by atoms with Crippen molar-refractivity contribution < 1.29 is 4.79 Å². The number of likely N-dealkylation sites (tertiary alicyclic amines) is 1. The number of nitrogens with one attached hydrogen (secondary N) is 1. The molecule has 0 unspecified atom stereocenters. The van der Waals surface area contributed by atoms with E-state index < -0.39 is 0 Å². The van der Waals surface area contributed by atoms with E-state index in [4.69, 9.17) is 11.6 Å². The van der Waals surface area contributed by atoms with Crippen LogP contribution in [0.3, 0.4) is 0 Å². The molecule has 2 heterocycles. The molecule has 1 aromatic heterocycles. The van der Waals surface area contributed by atoms with Gasteiger partial charge in [0.2, 0.25) is 0 Å². The van der Waals surface area contributed by atoms with Gasteiger partial charge in [0.25, 0.3) is 5.91 Å². The largest absolute Gasteiger partial charge is 0.370 e. The summed E-state index contributed by atoms with van der Waals surface area (Å²) in [5.74, 6) is 0.628. The summed E-state index contributed by atoms with van der Waals surface area (Å²) in [7, 11) is 0. The van der Waals surface area contributed by atoms with Gasteiger partial charge in [0.05, 0.1) is 5.02 Å². The normalized spacial score (nSPS) is 17.9. The monoisotopic (exact) mass is 295 g/mol. The second-order valence-corrected chi connectivity index (χ2v) is 6.42. The number of hydrogen-bond donors (Lipinski definition) is 1. The molecule has 1 aromatic rings. The lowest BCUT2D eigenvalue weighted by atomic mass is 9.82. The Kier molecular flexibility index (Phi) is 4.53. The molecule has 0 radical (unpaired) electrons. The van der Waals surface area contributed by atoms with Gasteiger partial charge in [-0.1, -0.05) is 25.4 Å². The zero-order valence-corrected chi connectivity index (χ0v) is 13.1. The quantitative estimate of drug-likeness (QED) is 0.929. The number of halogens is 1. The van der Waals surface area contributed by atoms with Crippen molar-refractivity contribution in [3.05, 3.63) is 22.8 Å². The summed E-state index contributed by atoms with van der Waals surface area (Å²) in [6, 6.07) is 3.52. The number of hydrogen-bond acceptors (Lipinski definition) is 3. The number of amides is 1.